The van der Waals surface area contributed by atoms with Crippen LogP contribution in [0.1, 0.15) is 41.0 Å². The van der Waals surface area contributed by atoms with Crippen LogP contribution in [0.15, 0.2) is 29.2 Å². The van der Waals surface area contributed by atoms with Gasteiger partial charge in [-0.25, -0.2) is 13.1 Å². The summed E-state index contributed by atoms with van der Waals surface area (Å²) in [6.07, 6.45) is 0.605. The van der Waals surface area contributed by atoms with Crippen LogP contribution < -0.4 is 10.5 Å². The van der Waals surface area contributed by atoms with Crippen molar-refractivity contribution in [3.63, 3.8) is 0 Å². The molecule has 0 unspecified atom stereocenters. The zero-order valence-corrected chi connectivity index (χ0v) is 17.8. The summed E-state index contributed by atoms with van der Waals surface area (Å²) >= 11 is 0. The molecule has 3 N–H and O–H groups in total. The Hall–Kier alpha value is -0.893. The molecule has 0 atom stereocenters. The Kier molecular flexibility index (Phi) is 6.30. The van der Waals surface area contributed by atoms with Gasteiger partial charge in [0.15, 0.2) is 8.32 Å². The lowest BCUT2D eigenvalue weighted by Gasteiger charge is -2.37. The Bertz CT molecular complexity index is 647. The number of hydrogen-bond acceptors (Lipinski definition) is 4. The van der Waals surface area contributed by atoms with E-state index in [9.17, 15) is 8.42 Å². The van der Waals surface area contributed by atoms with Crippen molar-refractivity contribution < 1.29 is 12.8 Å². The van der Waals surface area contributed by atoms with Crippen molar-refractivity contribution in [2.75, 3.05) is 12.3 Å². The fraction of sp³-hybridized carbons (Fsp3) is 0.647. The van der Waals surface area contributed by atoms with Gasteiger partial charge in [0.25, 0.3) is 0 Å². The Morgan fingerprint density at radius 2 is 1.58 bits per heavy atom. The van der Waals surface area contributed by atoms with Crippen LogP contribution >= 0.6 is 0 Å². The molecule has 1 aromatic rings. The average Bonchev–Trinajstić information content (AvgIpc) is 2.35. The number of benzene rings is 1. The zero-order chi connectivity index (χ0) is 18.8. The number of nitrogens with one attached hydrogen (secondary N) is 1. The van der Waals surface area contributed by atoms with Crippen LogP contribution in [0, 0.1) is 0 Å². The summed E-state index contributed by atoms with van der Waals surface area (Å²) in [5, 5.41) is 0.140. The Morgan fingerprint density at radius 1 is 1.08 bits per heavy atom. The first-order valence-electron chi connectivity index (χ1n) is 8.20. The lowest BCUT2D eigenvalue weighted by atomic mass is 10.0. The standard InChI is InChI=1S/C17H32N2O3SSi/c1-16(2,3)24(6,7)22-13-12-17(4,5)19-23(20,21)15-10-8-14(18)9-11-15/h8-11,19H,12-13,18H2,1-7H3. The van der Waals surface area contributed by atoms with Crippen molar-refractivity contribution >= 4 is 24.0 Å². The minimum atomic E-state index is -3.58. The fourth-order valence-electron chi connectivity index (χ4n) is 1.90. The van der Waals surface area contributed by atoms with E-state index in [1.165, 1.54) is 12.1 Å². The first-order valence-corrected chi connectivity index (χ1v) is 12.6. The van der Waals surface area contributed by atoms with Crippen LogP contribution in [0.2, 0.25) is 18.1 Å². The van der Waals surface area contributed by atoms with Gasteiger partial charge in [0, 0.05) is 17.8 Å². The topological polar surface area (TPSA) is 81.4 Å². The summed E-state index contributed by atoms with van der Waals surface area (Å²) in [4.78, 5) is 0.218. The van der Waals surface area contributed by atoms with Crippen molar-refractivity contribution in [2.24, 2.45) is 0 Å². The van der Waals surface area contributed by atoms with Crippen LogP contribution in [0.5, 0.6) is 0 Å². The van der Waals surface area contributed by atoms with E-state index in [1.54, 1.807) is 12.1 Å². The highest BCUT2D eigenvalue weighted by Gasteiger charge is 2.37. The Morgan fingerprint density at radius 3 is 2.04 bits per heavy atom. The summed E-state index contributed by atoms with van der Waals surface area (Å²) in [5.74, 6) is 0. The van der Waals surface area contributed by atoms with Gasteiger partial charge < -0.3 is 10.2 Å². The van der Waals surface area contributed by atoms with Gasteiger partial charge in [-0.2, -0.15) is 0 Å². The minimum absolute atomic E-state index is 0.140. The van der Waals surface area contributed by atoms with E-state index in [0.29, 0.717) is 18.7 Å². The number of sulfonamides is 1. The van der Waals surface area contributed by atoms with Crippen LogP contribution in [0.25, 0.3) is 0 Å². The fourth-order valence-corrected chi connectivity index (χ4v) is 4.39. The van der Waals surface area contributed by atoms with E-state index in [1.807, 2.05) is 13.8 Å². The highest BCUT2D eigenvalue weighted by atomic mass is 32.2. The van der Waals surface area contributed by atoms with Crippen molar-refractivity contribution in [3.05, 3.63) is 24.3 Å². The summed E-state index contributed by atoms with van der Waals surface area (Å²) in [7, 11) is -5.40. The summed E-state index contributed by atoms with van der Waals surface area (Å²) in [5.41, 5.74) is 5.55. The third-order valence-electron chi connectivity index (χ3n) is 4.60. The molecule has 0 saturated carbocycles. The molecule has 0 radical (unpaired) electrons. The maximum atomic E-state index is 12.5. The molecule has 1 aromatic carbocycles. The first kappa shape index (κ1) is 21.2. The van der Waals surface area contributed by atoms with E-state index in [0.717, 1.165) is 0 Å². The molecular formula is C17H32N2O3SSi. The lowest BCUT2D eigenvalue weighted by molar-refractivity contribution is 0.245. The molecule has 0 heterocycles. The van der Waals surface area contributed by atoms with Crippen molar-refractivity contribution in [1.29, 1.82) is 0 Å². The molecule has 0 aromatic heterocycles. The average molecular weight is 373 g/mol. The molecule has 0 aliphatic carbocycles. The molecule has 24 heavy (non-hydrogen) atoms. The van der Waals surface area contributed by atoms with E-state index < -0.39 is 23.9 Å². The number of nitrogen functional groups attached to an aromatic ring is 1. The highest BCUT2D eigenvalue weighted by Crippen LogP contribution is 2.36. The smallest absolute Gasteiger partial charge is 0.241 e. The van der Waals surface area contributed by atoms with Gasteiger partial charge in [-0.05, 0) is 62.7 Å². The van der Waals surface area contributed by atoms with E-state index in [2.05, 4.69) is 38.6 Å². The number of rotatable bonds is 7. The first-order chi connectivity index (χ1) is 10.7. The normalized spacial score (nSPS) is 14.0. The number of nitrogens with two attached hydrogens (primary N) is 1. The second-order valence-electron chi connectivity index (χ2n) is 8.42. The molecule has 7 heteroatoms. The maximum Gasteiger partial charge on any atom is 0.241 e. The molecule has 0 bridgehead atoms. The van der Waals surface area contributed by atoms with Crippen molar-refractivity contribution in [2.45, 2.75) is 69.6 Å². The largest absolute Gasteiger partial charge is 0.417 e. The third kappa shape index (κ3) is 5.88. The van der Waals surface area contributed by atoms with Gasteiger partial charge in [0.05, 0.1) is 4.90 Å². The molecular weight excluding hydrogens is 340 g/mol. The summed E-state index contributed by atoms with van der Waals surface area (Å²) < 4.78 is 33.9. The monoisotopic (exact) mass is 372 g/mol. The number of hydrogen-bond donors (Lipinski definition) is 2. The van der Waals surface area contributed by atoms with Gasteiger partial charge >= 0.3 is 0 Å². The lowest BCUT2D eigenvalue weighted by Crippen LogP contribution is -2.46. The van der Waals surface area contributed by atoms with E-state index in [4.69, 9.17) is 10.2 Å². The zero-order valence-electron chi connectivity index (χ0n) is 15.9. The highest BCUT2D eigenvalue weighted by molar-refractivity contribution is 7.89. The summed E-state index contributed by atoms with van der Waals surface area (Å²) in [6.45, 7) is 15.2. The van der Waals surface area contributed by atoms with Gasteiger partial charge in [-0.1, -0.05) is 20.8 Å². The molecule has 0 spiro atoms. The molecule has 0 fully saturated rings. The molecule has 1 rings (SSSR count). The predicted octanol–water partition coefficient (Wildman–Crippen LogP) is 3.74. The van der Waals surface area contributed by atoms with Gasteiger partial charge in [-0.3, -0.25) is 0 Å². The van der Waals surface area contributed by atoms with Gasteiger partial charge in [0.2, 0.25) is 10.0 Å². The van der Waals surface area contributed by atoms with Gasteiger partial charge in [0.1, 0.15) is 0 Å². The SMILES string of the molecule is CC(C)(CCO[Si](C)(C)C(C)(C)C)NS(=O)(=O)c1ccc(N)cc1. The predicted molar refractivity (Wildman–Crippen MR) is 103 cm³/mol. The number of anilines is 1. The summed E-state index contributed by atoms with van der Waals surface area (Å²) in [6, 6.07) is 6.20. The second kappa shape index (κ2) is 7.15. The van der Waals surface area contributed by atoms with Gasteiger partial charge in [-0.15, -0.1) is 0 Å². The molecule has 0 aliphatic heterocycles. The van der Waals surface area contributed by atoms with E-state index in [-0.39, 0.29) is 9.93 Å². The molecule has 0 amide bonds. The van der Waals surface area contributed by atoms with Crippen LogP contribution in [0.4, 0.5) is 5.69 Å². The van der Waals surface area contributed by atoms with Crippen molar-refractivity contribution in [1.82, 2.24) is 4.72 Å². The molecule has 0 aliphatic rings. The Balaban J connectivity index is 2.71. The van der Waals surface area contributed by atoms with Crippen LogP contribution in [0.3, 0.4) is 0 Å². The van der Waals surface area contributed by atoms with E-state index >= 15 is 0 Å². The third-order valence-corrected chi connectivity index (χ3v) is 10.8. The quantitative estimate of drug-likeness (QED) is 0.564. The molecule has 0 saturated heterocycles. The van der Waals surface area contributed by atoms with Crippen LogP contribution in [-0.2, 0) is 14.4 Å². The molecule has 5 nitrogen and oxygen atoms in total. The van der Waals surface area contributed by atoms with Crippen LogP contribution in [-0.4, -0.2) is 28.9 Å². The van der Waals surface area contributed by atoms with Crippen molar-refractivity contribution in [3.8, 4) is 0 Å². The minimum Gasteiger partial charge on any atom is -0.417 e. The maximum absolute atomic E-state index is 12.5. The molecule has 138 valence electrons. The Labute approximate surface area is 148 Å². The second-order valence-corrected chi connectivity index (χ2v) is 14.9.